The van der Waals surface area contributed by atoms with E-state index >= 15 is 0 Å². The molecule has 0 amide bonds. The van der Waals surface area contributed by atoms with E-state index in [4.69, 9.17) is 4.74 Å². The number of rotatable bonds is 6. The number of hydrogen-bond acceptors (Lipinski definition) is 3. The summed E-state index contributed by atoms with van der Waals surface area (Å²) in [4.78, 5) is 0.428. The van der Waals surface area contributed by atoms with Gasteiger partial charge in [-0.25, -0.2) is 8.42 Å². The van der Waals surface area contributed by atoms with E-state index in [0.29, 0.717) is 17.9 Å². The van der Waals surface area contributed by atoms with Crippen molar-refractivity contribution in [2.45, 2.75) is 61.7 Å². The van der Waals surface area contributed by atoms with Gasteiger partial charge in [0.15, 0.2) is 9.84 Å². The molecule has 4 heteroatoms. The fraction of sp³-hybridized carbons (Fsp3) is 0.500. The third kappa shape index (κ3) is 3.65. The van der Waals surface area contributed by atoms with Crippen LogP contribution in [-0.4, -0.2) is 26.4 Å². The zero-order valence-electron chi connectivity index (χ0n) is 14.3. The van der Waals surface area contributed by atoms with Crippen LogP contribution < -0.4 is 0 Å². The maximum atomic E-state index is 13.2. The first-order chi connectivity index (χ1) is 11.6. The molecular weight excluding hydrogens is 320 g/mol. The summed E-state index contributed by atoms with van der Waals surface area (Å²) in [6, 6.07) is 13.3. The minimum Gasteiger partial charge on any atom is -0.377 e. The second-order valence-electron chi connectivity index (χ2n) is 6.64. The van der Waals surface area contributed by atoms with Crippen molar-refractivity contribution in [1.29, 1.82) is 0 Å². The molecule has 1 aliphatic rings. The van der Waals surface area contributed by atoms with E-state index in [-0.39, 0.29) is 6.10 Å². The van der Waals surface area contributed by atoms with E-state index in [1.807, 2.05) is 36.4 Å². The van der Waals surface area contributed by atoms with E-state index in [2.05, 4.69) is 6.92 Å². The molecule has 24 heavy (non-hydrogen) atoms. The highest BCUT2D eigenvalue weighted by molar-refractivity contribution is 7.92. The van der Waals surface area contributed by atoms with Gasteiger partial charge in [-0.3, -0.25) is 0 Å². The third-order valence-corrected chi connectivity index (χ3v) is 7.17. The molecule has 1 heterocycles. The molecule has 130 valence electrons. The van der Waals surface area contributed by atoms with Crippen molar-refractivity contribution in [3.63, 3.8) is 0 Å². The molecule has 0 aliphatic carbocycles. The summed E-state index contributed by atoms with van der Waals surface area (Å²) in [5.74, 6) is 0. The molecular formula is C20H26O3S. The molecule has 0 bridgehead atoms. The van der Waals surface area contributed by atoms with Gasteiger partial charge in [0, 0.05) is 6.61 Å². The summed E-state index contributed by atoms with van der Waals surface area (Å²) in [5.41, 5.74) is 0. The average molecular weight is 346 g/mol. The maximum Gasteiger partial charge on any atom is 0.183 e. The Balaban J connectivity index is 1.88. The fourth-order valence-electron chi connectivity index (χ4n) is 3.55. The third-order valence-electron chi connectivity index (χ3n) is 4.92. The molecule has 3 nitrogen and oxygen atoms in total. The van der Waals surface area contributed by atoms with Gasteiger partial charge in [-0.05, 0) is 42.2 Å². The Bertz CT molecular complexity index is 782. The van der Waals surface area contributed by atoms with E-state index < -0.39 is 15.1 Å². The maximum absolute atomic E-state index is 13.2. The smallest absolute Gasteiger partial charge is 0.183 e. The number of benzene rings is 2. The molecule has 2 atom stereocenters. The van der Waals surface area contributed by atoms with Crippen LogP contribution in [0.2, 0.25) is 0 Å². The predicted molar refractivity (Wildman–Crippen MR) is 98.0 cm³/mol. The van der Waals surface area contributed by atoms with Crippen molar-refractivity contribution in [3.8, 4) is 0 Å². The van der Waals surface area contributed by atoms with E-state index in [9.17, 15) is 8.42 Å². The lowest BCUT2D eigenvalue weighted by molar-refractivity contribution is 0.0128. The summed E-state index contributed by atoms with van der Waals surface area (Å²) in [7, 11) is -3.36. The zero-order chi connectivity index (χ0) is 17.0. The number of hydrogen-bond donors (Lipinski definition) is 0. The topological polar surface area (TPSA) is 43.4 Å². The fourth-order valence-corrected chi connectivity index (χ4v) is 5.54. The Hall–Kier alpha value is -1.39. The van der Waals surface area contributed by atoms with Gasteiger partial charge in [0.05, 0.1) is 16.2 Å². The monoisotopic (exact) mass is 346 g/mol. The number of fused-ring (bicyclic) bond motifs is 1. The van der Waals surface area contributed by atoms with Crippen LogP contribution in [0.5, 0.6) is 0 Å². The SMILES string of the molecule is CCCCC[C@H]1OCCC[C@H]1S(=O)(=O)c1ccc2ccccc2c1. The lowest BCUT2D eigenvalue weighted by Gasteiger charge is -2.31. The Morgan fingerprint density at radius 2 is 1.88 bits per heavy atom. The van der Waals surface area contributed by atoms with Gasteiger partial charge < -0.3 is 4.74 Å². The summed E-state index contributed by atoms with van der Waals surface area (Å²) < 4.78 is 32.2. The Morgan fingerprint density at radius 1 is 1.08 bits per heavy atom. The van der Waals surface area contributed by atoms with Crippen LogP contribution in [0.25, 0.3) is 10.8 Å². The van der Waals surface area contributed by atoms with Crippen LogP contribution in [-0.2, 0) is 14.6 Å². The van der Waals surface area contributed by atoms with Crippen LogP contribution in [0.3, 0.4) is 0 Å². The van der Waals surface area contributed by atoms with Crippen LogP contribution in [0.15, 0.2) is 47.4 Å². The lowest BCUT2D eigenvalue weighted by Crippen LogP contribution is -2.40. The second-order valence-corrected chi connectivity index (χ2v) is 8.81. The highest BCUT2D eigenvalue weighted by atomic mass is 32.2. The molecule has 0 saturated carbocycles. The molecule has 3 rings (SSSR count). The molecule has 0 radical (unpaired) electrons. The first kappa shape index (κ1) is 17.4. The molecule has 0 N–H and O–H groups in total. The summed E-state index contributed by atoms with van der Waals surface area (Å²) >= 11 is 0. The first-order valence-electron chi connectivity index (χ1n) is 8.97. The minimum absolute atomic E-state index is 0.165. The van der Waals surface area contributed by atoms with Gasteiger partial charge in [-0.2, -0.15) is 0 Å². The largest absolute Gasteiger partial charge is 0.377 e. The summed E-state index contributed by atoms with van der Waals surface area (Å²) in [6.45, 7) is 2.84. The second kappa shape index (κ2) is 7.66. The Morgan fingerprint density at radius 3 is 2.67 bits per heavy atom. The van der Waals surface area contributed by atoms with Gasteiger partial charge in [-0.1, -0.05) is 56.5 Å². The molecule has 2 aromatic rings. The van der Waals surface area contributed by atoms with Gasteiger partial charge in [0.25, 0.3) is 0 Å². The zero-order valence-corrected chi connectivity index (χ0v) is 15.1. The summed E-state index contributed by atoms with van der Waals surface area (Å²) in [5, 5.41) is 1.62. The van der Waals surface area contributed by atoms with Gasteiger partial charge in [0.1, 0.15) is 0 Å². The number of unbranched alkanes of at least 4 members (excludes halogenated alkanes) is 2. The number of sulfone groups is 1. The van der Waals surface area contributed by atoms with Crippen molar-refractivity contribution in [2.75, 3.05) is 6.61 Å². The highest BCUT2D eigenvalue weighted by Gasteiger charge is 2.37. The highest BCUT2D eigenvalue weighted by Crippen LogP contribution is 2.31. The molecule has 1 fully saturated rings. The van der Waals surface area contributed by atoms with Crippen molar-refractivity contribution in [1.82, 2.24) is 0 Å². The van der Waals surface area contributed by atoms with Crippen molar-refractivity contribution in [3.05, 3.63) is 42.5 Å². The normalized spacial score (nSPS) is 21.9. The van der Waals surface area contributed by atoms with Gasteiger partial charge in [0.2, 0.25) is 0 Å². The first-order valence-corrected chi connectivity index (χ1v) is 10.5. The van der Waals surface area contributed by atoms with Gasteiger partial charge >= 0.3 is 0 Å². The molecule has 1 saturated heterocycles. The van der Waals surface area contributed by atoms with Crippen LogP contribution in [0.1, 0.15) is 45.4 Å². The minimum atomic E-state index is -3.36. The molecule has 0 spiro atoms. The molecule has 2 aromatic carbocycles. The standard InChI is InChI=1S/C20H26O3S/c1-2-3-4-10-19-20(11-7-14-23-19)24(21,22)18-13-12-16-8-5-6-9-17(16)15-18/h5-6,8-9,12-13,15,19-20H,2-4,7,10-11,14H2,1H3/t19-,20-/m1/s1. The van der Waals surface area contributed by atoms with Gasteiger partial charge in [-0.15, -0.1) is 0 Å². The average Bonchev–Trinajstić information content (AvgIpc) is 2.62. The molecule has 0 unspecified atom stereocenters. The Kier molecular flexibility index (Phi) is 5.57. The number of ether oxygens (including phenoxy) is 1. The van der Waals surface area contributed by atoms with E-state index in [0.717, 1.165) is 42.9 Å². The summed E-state index contributed by atoms with van der Waals surface area (Å²) in [6.07, 6.45) is 5.49. The lowest BCUT2D eigenvalue weighted by atomic mass is 10.0. The molecule has 0 aromatic heterocycles. The predicted octanol–water partition coefficient (Wildman–Crippen LogP) is 4.74. The van der Waals surface area contributed by atoms with Crippen molar-refractivity contribution in [2.24, 2.45) is 0 Å². The van der Waals surface area contributed by atoms with Crippen LogP contribution in [0.4, 0.5) is 0 Å². The van der Waals surface area contributed by atoms with Crippen molar-refractivity contribution < 1.29 is 13.2 Å². The molecule has 1 aliphatic heterocycles. The van der Waals surface area contributed by atoms with Crippen molar-refractivity contribution >= 4 is 20.6 Å². The van der Waals surface area contributed by atoms with E-state index in [1.165, 1.54) is 0 Å². The van der Waals surface area contributed by atoms with E-state index in [1.54, 1.807) is 6.07 Å². The quantitative estimate of drug-likeness (QED) is 0.710. The van der Waals surface area contributed by atoms with Crippen LogP contribution in [0, 0.1) is 0 Å². The van der Waals surface area contributed by atoms with Crippen LogP contribution >= 0.6 is 0 Å². The Labute approximate surface area is 144 Å².